The van der Waals surface area contributed by atoms with E-state index < -0.39 is 40.2 Å². The third kappa shape index (κ3) is 4.76. The van der Waals surface area contributed by atoms with Crippen LogP contribution >= 0.6 is 0 Å². The second kappa shape index (κ2) is 8.26. The molecule has 0 spiro atoms. The molecule has 3 rings (SSSR count). The van der Waals surface area contributed by atoms with Crippen molar-refractivity contribution in [3.8, 4) is 11.1 Å². The Morgan fingerprint density at radius 1 is 1.21 bits per heavy atom. The highest BCUT2D eigenvalue weighted by molar-refractivity contribution is 7.83. The second-order valence-electron chi connectivity index (χ2n) is 6.79. The highest BCUT2D eigenvalue weighted by Crippen LogP contribution is 2.28. The lowest BCUT2D eigenvalue weighted by atomic mass is 9.96. The fourth-order valence-corrected chi connectivity index (χ4v) is 4.11. The van der Waals surface area contributed by atoms with Gasteiger partial charge in [0.25, 0.3) is 0 Å². The normalized spacial score (nSPS) is 21.1. The number of benzene rings is 2. The van der Waals surface area contributed by atoms with Crippen molar-refractivity contribution in [1.29, 1.82) is 0 Å². The number of halogens is 5. The summed E-state index contributed by atoms with van der Waals surface area (Å²) in [5, 5.41) is 3.03. The third-order valence-electron chi connectivity index (χ3n) is 4.69. The smallest absolute Gasteiger partial charge is 0.312 e. The molecule has 9 heteroatoms. The summed E-state index contributed by atoms with van der Waals surface area (Å²) in [6.07, 6.45) is 0.456. The zero-order valence-electron chi connectivity index (χ0n) is 14.9. The summed E-state index contributed by atoms with van der Waals surface area (Å²) in [6.45, 7) is 2.13. The summed E-state index contributed by atoms with van der Waals surface area (Å²) in [7, 11) is -3.18. The first-order chi connectivity index (χ1) is 13.1. The summed E-state index contributed by atoms with van der Waals surface area (Å²) in [6, 6.07) is 7.72. The van der Waals surface area contributed by atoms with Crippen LogP contribution in [-0.4, -0.2) is 28.3 Å². The van der Waals surface area contributed by atoms with Gasteiger partial charge in [0.1, 0.15) is 11.6 Å². The van der Waals surface area contributed by atoms with Crippen LogP contribution in [0.4, 0.5) is 22.0 Å². The SMILES string of the molecule is Cc1cc(F)cc(-c2cccc(CC3NCCC3NS(=O)C(F)(F)F)c2F)c1. The number of aryl methyl sites for hydroxylation is 1. The minimum atomic E-state index is -4.85. The Bertz CT molecular complexity index is 867. The maximum atomic E-state index is 15.0. The zero-order chi connectivity index (χ0) is 20.5. The molecule has 3 nitrogen and oxygen atoms in total. The van der Waals surface area contributed by atoms with Crippen molar-refractivity contribution in [3.05, 3.63) is 59.2 Å². The van der Waals surface area contributed by atoms with E-state index in [0.717, 1.165) is 0 Å². The van der Waals surface area contributed by atoms with Gasteiger partial charge in [-0.05, 0) is 55.1 Å². The topological polar surface area (TPSA) is 41.1 Å². The summed E-state index contributed by atoms with van der Waals surface area (Å²) in [4.78, 5) is 0. The summed E-state index contributed by atoms with van der Waals surface area (Å²) in [5.41, 5.74) is -3.29. The highest BCUT2D eigenvalue weighted by atomic mass is 32.2. The molecule has 0 bridgehead atoms. The molecule has 0 radical (unpaired) electrons. The van der Waals surface area contributed by atoms with E-state index in [1.165, 1.54) is 18.2 Å². The molecule has 0 amide bonds. The molecular weight excluding hydrogens is 399 g/mol. The van der Waals surface area contributed by atoms with Gasteiger partial charge < -0.3 is 5.32 Å². The Balaban J connectivity index is 1.82. The van der Waals surface area contributed by atoms with Gasteiger partial charge >= 0.3 is 5.51 Å². The van der Waals surface area contributed by atoms with Crippen molar-refractivity contribution < 1.29 is 26.2 Å². The van der Waals surface area contributed by atoms with Gasteiger partial charge in [-0.15, -0.1) is 0 Å². The van der Waals surface area contributed by atoms with Crippen molar-refractivity contribution in [2.24, 2.45) is 0 Å². The average Bonchev–Trinajstić information content (AvgIpc) is 3.02. The van der Waals surface area contributed by atoms with Crippen molar-refractivity contribution in [2.75, 3.05) is 6.54 Å². The van der Waals surface area contributed by atoms with Crippen molar-refractivity contribution in [2.45, 2.75) is 37.4 Å². The lowest BCUT2D eigenvalue weighted by Crippen LogP contribution is -2.45. The molecule has 0 saturated carbocycles. The van der Waals surface area contributed by atoms with Crippen LogP contribution in [0.5, 0.6) is 0 Å². The fraction of sp³-hybridized carbons (Fsp3) is 0.368. The zero-order valence-corrected chi connectivity index (χ0v) is 15.8. The van der Waals surface area contributed by atoms with Crippen LogP contribution in [0.15, 0.2) is 36.4 Å². The highest BCUT2D eigenvalue weighted by Gasteiger charge is 2.40. The molecule has 152 valence electrons. The third-order valence-corrected chi connectivity index (χ3v) is 5.63. The Morgan fingerprint density at radius 2 is 1.96 bits per heavy atom. The van der Waals surface area contributed by atoms with Crippen molar-refractivity contribution >= 4 is 11.0 Å². The van der Waals surface area contributed by atoms with Crippen LogP contribution in [-0.2, 0) is 17.4 Å². The van der Waals surface area contributed by atoms with Gasteiger partial charge in [-0.1, -0.05) is 24.3 Å². The molecule has 1 aliphatic heterocycles. The second-order valence-corrected chi connectivity index (χ2v) is 8.02. The van der Waals surface area contributed by atoms with E-state index in [2.05, 4.69) is 10.0 Å². The minimum absolute atomic E-state index is 0.112. The first-order valence-corrected chi connectivity index (χ1v) is 9.83. The summed E-state index contributed by atoms with van der Waals surface area (Å²) < 4.78 is 79.8. The largest absolute Gasteiger partial charge is 0.485 e. The van der Waals surface area contributed by atoms with Crippen LogP contribution in [0.3, 0.4) is 0 Å². The molecule has 1 aliphatic rings. The molecule has 28 heavy (non-hydrogen) atoms. The van der Waals surface area contributed by atoms with E-state index in [-0.39, 0.29) is 12.0 Å². The van der Waals surface area contributed by atoms with E-state index >= 15 is 4.39 Å². The molecular formula is C19H19F5N2OS. The first kappa shape index (κ1) is 20.9. The molecule has 1 fully saturated rings. The molecule has 3 atom stereocenters. The Hall–Kier alpha value is -1.84. The Labute approximate surface area is 161 Å². The maximum absolute atomic E-state index is 15.0. The van der Waals surface area contributed by atoms with E-state index in [9.17, 15) is 21.8 Å². The summed E-state index contributed by atoms with van der Waals surface area (Å²) >= 11 is 0. The minimum Gasteiger partial charge on any atom is -0.312 e. The molecule has 2 aromatic carbocycles. The predicted molar refractivity (Wildman–Crippen MR) is 97.8 cm³/mol. The first-order valence-electron chi connectivity index (χ1n) is 8.68. The van der Waals surface area contributed by atoms with Crippen LogP contribution < -0.4 is 10.0 Å². The standard InChI is InChI=1S/C19H19F5N2OS/c1-11-7-13(9-14(20)8-11)15-4-2-3-12(18(15)21)10-17-16(5-6-25-17)26-28(27)19(22,23)24/h2-4,7-9,16-17,25-26H,5-6,10H2,1H3. The van der Waals surface area contributed by atoms with E-state index in [1.807, 2.05) is 0 Å². The summed E-state index contributed by atoms with van der Waals surface area (Å²) in [5.74, 6) is -1.02. The number of hydrogen-bond donors (Lipinski definition) is 2. The number of nitrogens with one attached hydrogen (secondary N) is 2. The monoisotopic (exact) mass is 418 g/mol. The Morgan fingerprint density at radius 3 is 2.64 bits per heavy atom. The molecule has 0 aromatic heterocycles. The fourth-order valence-electron chi connectivity index (χ4n) is 3.42. The number of alkyl halides is 3. The number of rotatable bonds is 5. The van der Waals surface area contributed by atoms with Gasteiger partial charge in [0.05, 0.1) is 0 Å². The van der Waals surface area contributed by atoms with Crippen LogP contribution in [0.25, 0.3) is 11.1 Å². The van der Waals surface area contributed by atoms with Gasteiger partial charge in [0.2, 0.25) is 0 Å². The average molecular weight is 418 g/mol. The molecule has 3 unspecified atom stereocenters. The lowest BCUT2D eigenvalue weighted by Gasteiger charge is -2.21. The van der Waals surface area contributed by atoms with E-state index in [0.29, 0.717) is 29.7 Å². The van der Waals surface area contributed by atoms with Crippen LogP contribution in [0.2, 0.25) is 0 Å². The predicted octanol–water partition coefficient (Wildman–Crippen LogP) is 3.99. The lowest BCUT2D eigenvalue weighted by molar-refractivity contribution is -0.0397. The van der Waals surface area contributed by atoms with Gasteiger partial charge in [0, 0.05) is 17.6 Å². The van der Waals surface area contributed by atoms with Crippen LogP contribution in [0, 0.1) is 18.6 Å². The van der Waals surface area contributed by atoms with E-state index in [4.69, 9.17) is 0 Å². The Kier molecular flexibility index (Phi) is 6.16. The van der Waals surface area contributed by atoms with Gasteiger partial charge in [0.15, 0.2) is 11.0 Å². The van der Waals surface area contributed by atoms with E-state index in [1.54, 1.807) is 25.1 Å². The number of hydrogen-bond acceptors (Lipinski definition) is 2. The quantitative estimate of drug-likeness (QED) is 0.721. The molecule has 1 saturated heterocycles. The molecule has 2 N–H and O–H groups in total. The molecule has 1 heterocycles. The molecule has 2 aromatic rings. The van der Waals surface area contributed by atoms with Gasteiger partial charge in [-0.25, -0.2) is 17.7 Å². The maximum Gasteiger partial charge on any atom is 0.485 e. The van der Waals surface area contributed by atoms with Crippen molar-refractivity contribution in [3.63, 3.8) is 0 Å². The van der Waals surface area contributed by atoms with Crippen molar-refractivity contribution in [1.82, 2.24) is 10.0 Å². The molecule has 0 aliphatic carbocycles. The van der Waals surface area contributed by atoms with Crippen LogP contribution in [0.1, 0.15) is 17.5 Å². The van der Waals surface area contributed by atoms with Gasteiger partial charge in [-0.2, -0.15) is 13.2 Å². The van der Waals surface area contributed by atoms with Gasteiger partial charge in [-0.3, -0.25) is 0 Å².